The Hall–Kier alpha value is -2.64. The molecule has 8 nitrogen and oxygen atoms in total. The Morgan fingerprint density at radius 2 is 1.96 bits per heavy atom. The highest BCUT2D eigenvalue weighted by molar-refractivity contribution is 5.86. The molecule has 2 amide bonds. The summed E-state index contributed by atoms with van der Waals surface area (Å²) < 4.78 is 0. The van der Waals surface area contributed by atoms with Gasteiger partial charge in [0.25, 0.3) is 5.69 Å². The third-order valence-corrected chi connectivity index (χ3v) is 4.01. The van der Waals surface area contributed by atoms with Gasteiger partial charge in [-0.3, -0.25) is 19.7 Å². The number of nitro benzene ring substituents is 1. The van der Waals surface area contributed by atoms with E-state index in [2.05, 4.69) is 10.6 Å². The Labute approximate surface area is 140 Å². The maximum absolute atomic E-state index is 11.8. The van der Waals surface area contributed by atoms with Gasteiger partial charge in [-0.1, -0.05) is 13.0 Å². The van der Waals surface area contributed by atoms with Gasteiger partial charge >= 0.3 is 0 Å². The van der Waals surface area contributed by atoms with Crippen molar-refractivity contribution in [2.24, 2.45) is 0 Å². The lowest BCUT2D eigenvalue weighted by atomic mass is 10.1. The van der Waals surface area contributed by atoms with Crippen LogP contribution in [0.1, 0.15) is 25.3 Å². The summed E-state index contributed by atoms with van der Waals surface area (Å²) >= 11 is 0. The molecule has 1 aliphatic rings. The fourth-order valence-corrected chi connectivity index (χ4v) is 2.64. The first-order valence-corrected chi connectivity index (χ1v) is 8.07. The van der Waals surface area contributed by atoms with Crippen molar-refractivity contribution in [2.75, 3.05) is 31.5 Å². The van der Waals surface area contributed by atoms with Crippen molar-refractivity contribution >= 4 is 23.2 Å². The van der Waals surface area contributed by atoms with Crippen molar-refractivity contribution in [3.05, 3.63) is 33.9 Å². The smallest absolute Gasteiger partial charge is 0.274 e. The summed E-state index contributed by atoms with van der Waals surface area (Å²) in [6.45, 7) is 3.28. The highest BCUT2D eigenvalue weighted by Crippen LogP contribution is 2.23. The zero-order valence-corrected chi connectivity index (χ0v) is 13.7. The highest BCUT2D eigenvalue weighted by atomic mass is 16.6. The predicted octanol–water partition coefficient (Wildman–Crippen LogP) is 1.31. The van der Waals surface area contributed by atoms with Crippen molar-refractivity contribution in [3.63, 3.8) is 0 Å². The Morgan fingerprint density at radius 1 is 1.25 bits per heavy atom. The fourth-order valence-electron chi connectivity index (χ4n) is 2.64. The minimum atomic E-state index is -0.432. The first kappa shape index (κ1) is 17.7. The van der Waals surface area contributed by atoms with E-state index < -0.39 is 4.92 Å². The van der Waals surface area contributed by atoms with Crippen LogP contribution in [0.5, 0.6) is 0 Å². The largest absolute Gasteiger partial charge is 0.376 e. The summed E-state index contributed by atoms with van der Waals surface area (Å²) in [4.78, 5) is 36.0. The number of carbonyl (C=O) groups is 2. The van der Waals surface area contributed by atoms with E-state index in [0.29, 0.717) is 17.7 Å². The second-order valence-electron chi connectivity index (χ2n) is 5.67. The minimum absolute atomic E-state index is 0.0184. The molecule has 0 unspecified atom stereocenters. The van der Waals surface area contributed by atoms with Gasteiger partial charge in [-0.25, -0.2) is 0 Å². The van der Waals surface area contributed by atoms with Crippen LogP contribution in [0.25, 0.3) is 0 Å². The maximum atomic E-state index is 11.8. The molecule has 1 aromatic carbocycles. The Kier molecular flexibility index (Phi) is 6.11. The maximum Gasteiger partial charge on any atom is 0.274 e. The van der Waals surface area contributed by atoms with E-state index in [4.69, 9.17) is 0 Å². The van der Waals surface area contributed by atoms with Gasteiger partial charge in [-0.05, 0) is 25.3 Å². The summed E-state index contributed by atoms with van der Waals surface area (Å²) in [6.07, 6.45) is 2.58. The molecule has 1 heterocycles. The SMILES string of the molecule is CCc1ccc(NCC(=O)NCC(=O)N2CCCC2)cc1[N+](=O)[O-]. The molecule has 0 aromatic heterocycles. The van der Waals surface area contributed by atoms with E-state index in [0.717, 1.165) is 25.9 Å². The number of nitrogens with zero attached hydrogens (tertiary/aromatic N) is 2. The van der Waals surface area contributed by atoms with Gasteiger partial charge in [0, 0.05) is 30.4 Å². The normalized spacial score (nSPS) is 13.6. The molecule has 1 aliphatic heterocycles. The van der Waals surface area contributed by atoms with Crippen molar-refractivity contribution in [1.82, 2.24) is 10.2 Å². The van der Waals surface area contributed by atoms with E-state index in [-0.39, 0.29) is 30.6 Å². The summed E-state index contributed by atoms with van der Waals surface area (Å²) in [6, 6.07) is 4.80. The molecule has 1 saturated heterocycles. The van der Waals surface area contributed by atoms with Crippen LogP contribution < -0.4 is 10.6 Å². The minimum Gasteiger partial charge on any atom is -0.376 e. The molecule has 0 aliphatic carbocycles. The lowest BCUT2D eigenvalue weighted by molar-refractivity contribution is -0.385. The number of hydrogen-bond acceptors (Lipinski definition) is 5. The molecule has 130 valence electrons. The fraction of sp³-hybridized carbons (Fsp3) is 0.500. The zero-order valence-electron chi connectivity index (χ0n) is 13.7. The molecular formula is C16H22N4O4. The van der Waals surface area contributed by atoms with Gasteiger partial charge < -0.3 is 15.5 Å². The van der Waals surface area contributed by atoms with Gasteiger partial charge in [-0.2, -0.15) is 0 Å². The van der Waals surface area contributed by atoms with Gasteiger partial charge in [-0.15, -0.1) is 0 Å². The third kappa shape index (κ3) is 4.68. The first-order chi connectivity index (χ1) is 11.5. The number of rotatable bonds is 7. The van der Waals surface area contributed by atoms with Gasteiger partial charge in [0.05, 0.1) is 18.0 Å². The van der Waals surface area contributed by atoms with Crippen LogP contribution in [0.3, 0.4) is 0 Å². The van der Waals surface area contributed by atoms with Crippen LogP contribution in [0.15, 0.2) is 18.2 Å². The summed E-state index contributed by atoms with van der Waals surface area (Å²) in [5, 5.41) is 16.4. The van der Waals surface area contributed by atoms with Gasteiger partial charge in [0.1, 0.15) is 0 Å². The molecular weight excluding hydrogens is 312 g/mol. The lowest BCUT2D eigenvalue weighted by Gasteiger charge is -2.15. The lowest BCUT2D eigenvalue weighted by Crippen LogP contribution is -2.40. The average molecular weight is 334 g/mol. The number of likely N-dealkylation sites (tertiary alicyclic amines) is 1. The highest BCUT2D eigenvalue weighted by Gasteiger charge is 2.18. The molecule has 24 heavy (non-hydrogen) atoms. The number of nitro groups is 1. The molecule has 8 heteroatoms. The van der Waals surface area contributed by atoms with E-state index in [9.17, 15) is 19.7 Å². The molecule has 2 N–H and O–H groups in total. The molecule has 1 fully saturated rings. The van der Waals surface area contributed by atoms with E-state index >= 15 is 0 Å². The molecule has 1 aromatic rings. The number of hydrogen-bond donors (Lipinski definition) is 2. The second-order valence-corrected chi connectivity index (χ2v) is 5.67. The zero-order chi connectivity index (χ0) is 17.5. The molecule has 0 atom stereocenters. The second kappa shape index (κ2) is 8.28. The van der Waals surface area contributed by atoms with E-state index in [1.807, 2.05) is 6.92 Å². The van der Waals surface area contributed by atoms with E-state index in [1.54, 1.807) is 17.0 Å². The van der Waals surface area contributed by atoms with Crippen LogP contribution >= 0.6 is 0 Å². The van der Waals surface area contributed by atoms with Crippen LogP contribution in [0.2, 0.25) is 0 Å². The monoisotopic (exact) mass is 334 g/mol. The molecule has 2 rings (SSSR count). The quantitative estimate of drug-likeness (QED) is 0.578. The van der Waals surface area contributed by atoms with E-state index in [1.165, 1.54) is 6.07 Å². The van der Waals surface area contributed by atoms with Gasteiger partial charge in [0.2, 0.25) is 11.8 Å². The number of carbonyl (C=O) groups excluding carboxylic acids is 2. The molecule has 0 saturated carbocycles. The average Bonchev–Trinajstić information content (AvgIpc) is 3.12. The number of aryl methyl sites for hydroxylation is 1. The third-order valence-electron chi connectivity index (χ3n) is 4.01. The Balaban J connectivity index is 1.82. The van der Waals surface area contributed by atoms with Crippen molar-refractivity contribution < 1.29 is 14.5 Å². The Bertz CT molecular complexity index is 627. The summed E-state index contributed by atoms with van der Waals surface area (Å²) in [5.41, 5.74) is 1.18. The van der Waals surface area contributed by atoms with Crippen LogP contribution in [0, 0.1) is 10.1 Å². The first-order valence-electron chi connectivity index (χ1n) is 8.07. The molecule has 0 spiro atoms. The predicted molar refractivity (Wildman–Crippen MR) is 89.8 cm³/mol. The summed E-state index contributed by atoms with van der Waals surface area (Å²) in [5.74, 6) is -0.409. The van der Waals surface area contributed by atoms with Crippen LogP contribution in [0.4, 0.5) is 11.4 Å². The standard InChI is InChI=1S/C16H22N4O4/c1-2-12-5-6-13(9-14(12)20(23)24)17-10-15(21)18-11-16(22)19-7-3-4-8-19/h5-6,9,17H,2-4,7-8,10-11H2,1H3,(H,18,21). The number of amides is 2. The van der Waals surface area contributed by atoms with Crippen molar-refractivity contribution in [3.8, 4) is 0 Å². The molecule has 0 bridgehead atoms. The number of anilines is 1. The van der Waals surface area contributed by atoms with Crippen LogP contribution in [-0.2, 0) is 16.0 Å². The van der Waals surface area contributed by atoms with Crippen molar-refractivity contribution in [1.29, 1.82) is 0 Å². The van der Waals surface area contributed by atoms with Crippen LogP contribution in [-0.4, -0.2) is 47.8 Å². The van der Waals surface area contributed by atoms with Crippen molar-refractivity contribution in [2.45, 2.75) is 26.2 Å². The Morgan fingerprint density at radius 3 is 2.58 bits per heavy atom. The molecule has 0 radical (unpaired) electrons. The topological polar surface area (TPSA) is 105 Å². The van der Waals surface area contributed by atoms with Gasteiger partial charge in [0.15, 0.2) is 0 Å². The number of benzene rings is 1. The summed E-state index contributed by atoms with van der Waals surface area (Å²) in [7, 11) is 0. The number of nitrogens with one attached hydrogen (secondary N) is 2.